The molecular weight excluding hydrogens is 314 g/mol. The quantitative estimate of drug-likeness (QED) is 0.621. The zero-order chi connectivity index (χ0) is 17.6. The fourth-order valence-electron chi connectivity index (χ4n) is 2.91. The summed E-state index contributed by atoms with van der Waals surface area (Å²) in [7, 11) is 1.63. The number of ether oxygens (including phenoxy) is 1. The Morgan fingerprint density at radius 2 is 1.96 bits per heavy atom. The number of furan rings is 1. The lowest BCUT2D eigenvalue weighted by Gasteiger charge is -2.22. The van der Waals surface area contributed by atoms with Gasteiger partial charge in [-0.15, -0.1) is 0 Å². The van der Waals surface area contributed by atoms with Gasteiger partial charge in [0, 0.05) is 29.2 Å². The van der Waals surface area contributed by atoms with E-state index in [4.69, 9.17) is 9.15 Å². The number of methoxy groups -OCH3 is 1. The number of fused-ring (bicyclic) bond motifs is 1. The summed E-state index contributed by atoms with van der Waals surface area (Å²) in [6.07, 6.45) is 4.01. The van der Waals surface area contributed by atoms with Crippen molar-refractivity contribution in [3.63, 3.8) is 0 Å². The number of rotatable bonds is 7. The van der Waals surface area contributed by atoms with E-state index in [1.54, 1.807) is 13.4 Å². The van der Waals surface area contributed by atoms with Gasteiger partial charge in [0.2, 0.25) is 5.91 Å². The van der Waals surface area contributed by atoms with Crippen LogP contribution in [0.4, 0.5) is 5.69 Å². The lowest BCUT2D eigenvalue weighted by Crippen LogP contribution is -2.33. The van der Waals surface area contributed by atoms with Crippen LogP contribution in [0.15, 0.2) is 59.2 Å². The molecule has 0 aliphatic rings. The Kier molecular flexibility index (Phi) is 5.39. The number of amides is 1. The summed E-state index contributed by atoms with van der Waals surface area (Å²) in [5, 5.41) is 0.956. The van der Waals surface area contributed by atoms with E-state index in [1.165, 1.54) is 0 Å². The largest absolute Gasteiger partial charge is 0.497 e. The van der Waals surface area contributed by atoms with Crippen molar-refractivity contribution in [2.24, 2.45) is 0 Å². The highest BCUT2D eigenvalue weighted by Gasteiger charge is 2.18. The van der Waals surface area contributed by atoms with E-state index >= 15 is 0 Å². The van der Waals surface area contributed by atoms with Crippen molar-refractivity contribution in [1.82, 2.24) is 0 Å². The van der Waals surface area contributed by atoms with E-state index in [9.17, 15) is 4.79 Å². The minimum atomic E-state index is 0.0816. The highest BCUT2D eigenvalue weighted by Crippen LogP contribution is 2.27. The second-order valence-corrected chi connectivity index (χ2v) is 6.03. The number of unbranched alkanes of at least 4 members (excludes halogenated alkanes) is 1. The zero-order valence-corrected chi connectivity index (χ0v) is 14.7. The third-order valence-electron chi connectivity index (χ3n) is 4.31. The molecule has 2 aromatic carbocycles. The molecule has 0 spiro atoms. The fraction of sp³-hybridized carbons (Fsp3) is 0.286. The second-order valence-electron chi connectivity index (χ2n) is 6.03. The van der Waals surface area contributed by atoms with E-state index in [-0.39, 0.29) is 5.91 Å². The third-order valence-corrected chi connectivity index (χ3v) is 4.31. The Bertz CT molecular complexity index is 839. The standard InChI is InChI=1S/C21H23NO3/c1-3-4-12-22(17-8-6-5-7-9-17)21(23)13-16-15-25-20-14-18(24-2)10-11-19(16)20/h5-11,14-15H,3-4,12-13H2,1-2H3. The van der Waals surface area contributed by atoms with Crippen LogP contribution in [0, 0.1) is 0 Å². The van der Waals surface area contributed by atoms with Crippen molar-refractivity contribution in [1.29, 1.82) is 0 Å². The number of para-hydroxylation sites is 1. The number of carbonyl (C=O) groups is 1. The van der Waals surface area contributed by atoms with Crippen molar-refractivity contribution in [3.8, 4) is 5.75 Å². The van der Waals surface area contributed by atoms with Gasteiger partial charge in [-0.25, -0.2) is 0 Å². The maximum absolute atomic E-state index is 12.9. The average molecular weight is 337 g/mol. The SMILES string of the molecule is CCCCN(C(=O)Cc1coc2cc(OC)ccc12)c1ccccc1. The maximum Gasteiger partial charge on any atom is 0.231 e. The molecule has 0 atom stereocenters. The van der Waals surface area contributed by atoms with Gasteiger partial charge in [-0.05, 0) is 30.7 Å². The molecule has 130 valence electrons. The Balaban J connectivity index is 1.83. The van der Waals surface area contributed by atoms with Gasteiger partial charge in [-0.1, -0.05) is 31.5 Å². The minimum absolute atomic E-state index is 0.0816. The van der Waals surface area contributed by atoms with Crippen LogP contribution in [0.2, 0.25) is 0 Å². The molecule has 4 heteroatoms. The molecule has 3 aromatic rings. The summed E-state index contributed by atoms with van der Waals surface area (Å²) in [6, 6.07) is 15.5. The average Bonchev–Trinajstić information content (AvgIpc) is 3.05. The molecule has 0 aliphatic carbocycles. The first kappa shape index (κ1) is 17.1. The molecule has 3 rings (SSSR count). The van der Waals surface area contributed by atoms with Crippen LogP contribution in [0.1, 0.15) is 25.3 Å². The first-order valence-electron chi connectivity index (χ1n) is 8.62. The molecule has 1 heterocycles. The van der Waals surface area contributed by atoms with E-state index in [0.29, 0.717) is 6.42 Å². The second kappa shape index (κ2) is 7.88. The van der Waals surface area contributed by atoms with Gasteiger partial charge >= 0.3 is 0 Å². The lowest BCUT2D eigenvalue weighted by atomic mass is 10.1. The normalized spacial score (nSPS) is 10.8. The first-order chi connectivity index (χ1) is 12.2. The zero-order valence-electron chi connectivity index (χ0n) is 14.7. The van der Waals surface area contributed by atoms with Crippen molar-refractivity contribution in [2.45, 2.75) is 26.2 Å². The van der Waals surface area contributed by atoms with E-state index in [1.807, 2.05) is 53.4 Å². The molecule has 0 N–H and O–H groups in total. The molecule has 0 bridgehead atoms. The fourth-order valence-corrected chi connectivity index (χ4v) is 2.91. The summed E-state index contributed by atoms with van der Waals surface area (Å²) >= 11 is 0. The van der Waals surface area contributed by atoms with E-state index in [0.717, 1.165) is 47.4 Å². The number of benzene rings is 2. The van der Waals surface area contributed by atoms with Gasteiger partial charge in [-0.2, -0.15) is 0 Å². The molecule has 1 aromatic heterocycles. The van der Waals surface area contributed by atoms with Crippen LogP contribution in [0.3, 0.4) is 0 Å². The molecular formula is C21H23NO3. The van der Waals surface area contributed by atoms with Crippen LogP contribution >= 0.6 is 0 Å². The Labute approximate surface area is 148 Å². The molecule has 0 radical (unpaired) electrons. The smallest absolute Gasteiger partial charge is 0.231 e. The highest BCUT2D eigenvalue weighted by molar-refractivity contribution is 5.97. The van der Waals surface area contributed by atoms with Crippen LogP contribution in [0.5, 0.6) is 5.75 Å². The molecule has 4 nitrogen and oxygen atoms in total. The van der Waals surface area contributed by atoms with Crippen molar-refractivity contribution < 1.29 is 13.9 Å². The summed E-state index contributed by atoms with van der Waals surface area (Å²) in [5.74, 6) is 0.826. The minimum Gasteiger partial charge on any atom is -0.497 e. The van der Waals surface area contributed by atoms with Crippen LogP contribution in [-0.2, 0) is 11.2 Å². The number of nitrogens with zero attached hydrogens (tertiary/aromatic N) is 1. The van der Waals surface area contributed by atoms with Gasteiger partial charge < -0.3 is 14.1 Å². The predicted octanol–water partition coefficient (Wildman–Crippen LogP) is 4.82. The number of hydrogen-bond acceptors (Lipinski definition) is 3. The van der Waals surface area contributed by atoms with E-state index in [2.05, 4.69) is 6.92 Å². The molecule has 1 amide bonds. The van der Waals surface area contributed by atoms with Crippen LogP contribution < -0.4 is 9.64 Å². The summed E-state index contributed by atoms with van der Waals surface area (Å²) in [5.41, 5.74) is 2.58. The number of anilines is 1. The summed E-state index contributed by atoms with van der Waals surface area (Å²) in [4.78, 5) is 14.8. The Hall–Kier alpha value is -2.75. The van der Waals surface area contributed by atoms with Gasteiger partial charge in [0.15, 0.2) is 0 Å². The molecule has 0 saturated carbocycles. The highest BCUT2D eigenvalue weighted by atomic mass is 16.5. The third kappa shape index (κ3) is 3.85. The van der Waals surface area contributed by atoms with Gasteiger partial charge in [-0.3, -0.25) is 4.79 Å². The Morgan fingerprint density at radius 3 is 2.68 bits per heavy atom. The molecule has 0 fully saturated rings. The van der Waals surface area contributed by atoms with E-state index < -0.39 is 0 Å². The van der Waals surface area contributed by atoms with Crippen molar-refractivity contribution >= 4 is 22.6 Å². The van der Waals surface area contributed by atoms with Crippen LogP contribution in [0.25, 0.3) is 11.0 Å². The van der Waals surface area contributed by atoms with Crippen LogP contribution in [-0.4, -0.2) is 19.6 Å². The summed E-state index contributed by atoms with van der Waals surface area (Å²) in [6.45, 7) is 2.85. The maximum atomic E-state index is 12.9. The van der Waals surface area contributed by atoms with Gasteiger partial charge in [0.25, 0.3) is 0 Å². The van der Waals surface area contributed by atoms with Gasteiger partial charge in [0.05, 0.1) is 19.8 Å². The number of carbonyl (C=O) groups excluding carboxylic acids is 1. The monoisotopic (exact) mass is 337 g/mol. The van der Waals surface area contributed by atoms with Crippen molar-refractivity contribution in [2.75, 3.05) is 18.6 Å². The molecule has 0 aliphatic heterocycles. The lowest BCUT2D eigenvalue weighted by molar-refractivity contribution is -0.118. The molecule has 0 saturated heterocycles. The molecule has 0 unspecified atom stereocenters. The summed E-state index contributed by atoms with van der Waals surface area (Å²) < 4.78 is 10.8. The first-order valence-corrected chi connectivity index (χ1v) is 8.62. The molecule has 25 heavy (non-hydrogen) atoms. The topological polar surface area (TPSA) is 42.7 Å². The predicted molar refractivity (Wildman–Crippen MR) is 100 cm³/mol. The Morgan fingerprint density at radius 1 is 1.16 bits per heavy atom. The number of hydrogen-bond donors (Lipinski definition) is 0. The van der Waals surface area contributed by atoms with Gasteiger partial charge in [0.1, 0.15) is 11.3 Å². The van der Waals surface area contributed by atoms with Crippen molar-refractivity contribution in [3.05, 3.63) is 60.4 Å².